The zero-order chi connectivity index (χ0) is 15.9. The summed E-state index contributed by atoms with van der Waals surface area (Å²) in [4.78, 5) is 3.07. The summed E-state index contributed by atoms with van der Waals surface area (Å²) in [5.74, 6) is -0.217. The average molecular weight is 323 g/mol. The molecule has 0 amide bonds. The summed E-state index contributed by atoms with van der Waals surface area (Å²) < 4.78 is 19.3. The zero-order valence-corrected chi connectivity index (χ0v) is 13.7. The second-order valence-corrected chi connectivity index (χ2v) is 6.42. The molecule has 0 saturated carbocycles. The van der Waals surface area contributed by atoms with Crippen LogP contribution in [0.4, 0.5) is 4.39 Å². The van der Waals surface area contributed by atoms with Crippen molar-refractivity contribution in [1.82, 2.24) is 4.90 Å². The third-order valence-electron chi connectivity index (χ3n) is 3.65. The van der Waals surface area contributed by atoms with Gasteiger partial charge in [0.2, 0.25) is 0 Å². The minimum Gasteiger partial charge on any atom is -0.389 e. The molecule has 1 heterocycles. The summed E-state index contributed by atoms with van der Waals surface area (Å²) in [7, 11) is 1.87. The first kappa shape index (κ1) is 17.1. The molecule has 22 heavy (non-hydrogen) atoms. The monoisotopic (exact) mass is 323 g/mol. The van der Waals surface area contributed by atoms with Crippen LogP contribution in [0, 0.1) is 5.82 Å². The molecule has 3 nitrogen and oxygen atoms in total. The molecule has 1 N–H and O–H groups in total. The first-order valence-electron chi connectivity index (χ1n) is 7.30. The van der Waals surface area contributed by atoms with Gasteiger partial charge in [-0.3, -0.25) is 4.90 Å². The van der Waals surface area contributed by atoms with Crippen molar-refractivity contribution in [2.45, 2.75) is 25.7 Å². The van der Waals surface area contributed by atoms with E-state index in [1.54, 1.807) is 23.5 Å². The van der Waals surface area contributed by atoms with Crippen molar-refractivity contribution in [2.24, 2.45) is 0 Å². The molecule has 0 spiro atoms. The molecule has 0 aliphatic rings. The number of likely N-dealkylation sites (N-methyl/N-ethyl adjacent to an activating group) is 1. The Kier molecular flexibility index (Phi) is 6.51. The largest absolute Gasteiger partial charge is 0.389 e. The van der Waals surface area contributed by atoms with E-state index in [1.165, 1.54) is 6.07 Å². The Morgan fingerprint density at radius 2 is 2.05 bits per heavy atom. The first-order valence-corrected chi connectivity index (χ1v) is 8.18. The SMILES string of the molecule is CC(c1ccccc1F)N(C)CC(O)COCc1cccs1. The third-order valence-corrected chi connectivity index (χ3v) is 4.50. The van der Waals surface area contributed by atoms with E-state index in [-0.39, 0.29) is 18.5 Å². The summed E-state index contributed by atoms with van der Waals surface area (Å²) in [6.07, 6.45) is -0.598. The Morgan fingerprint density at radius 1 is 1.27 bits per heavy atom. The average Bonchev–Trinajstić information content (AvgIpc) is 3.00. The predicted molar refractivity (Wildman–Crippen MR) is 87.4 cm³/mol. The van der Waals surface area contributed by atoms with E-state index in [9.17, 15) is 9.50 Å². The first-order chi connectivity index (χ1) is 10.6. The number of thiophene rings is 1. The smallest absolute Gasteiger partial charge is 0.127 e. The van der Waals surface area contributed by atoms with E-state index < -0.39 is 6.10 Å². The topological polar surface area (TPSA) is 32.7 Å². The molecule has 5 heteroatoms. The molecular weight excluding hydrogens is 301 g/mol. The molecule has 2 atom stereocenters. The molecule has 120 valence electrons. The van der Waals surface area contributed by atoms with E-state index in [2.05, 4.69) is 0 Å². The van der Waals surface area contributed by atoms with Gasteiger partial charge in [-0.05, 0) is 31.5 Å². The minimum absolute atomic E-state index is 0.104. The van der Waals surface area contributed by atoms with E-state index >= 15 is 0 Å². The second-order valence-electron chi connectivity index (χ2n) is 5.39. The molecule has 0 aliphatic heterocycles. The van der Waals surface area contributed by atoms with Gasteiger partial charge in [0.25, 0.3) is 0 Å². The van der Waals surface area contributed by atoms with Crippen molar-refractivity contribution in [3.63, 3.8) is 0 Å². The number of rotatable bonds is 8. The van der Waals surface area contributed by atoms with E-state index in [1.807, 2.05) is 42.5 Å². The van der Waals surface area contributed by atoms with E-state index in [0.29, 0.717) is 18.7 Å². The van der Waals surface area contributed by atoms with Crippen molar-refractivity contribution >= 4 is 11.3 Å². The number of hydrogen-bond donors (Lipinski definition) is 1. The lowest BCUT2D eigenvalue weighted by Crippen LogP contribution is -2.34. The Morgan fingerprint density at radius 3 is 2.73 bits per heavy atom. The van der Waals surface area contributed by atoms with E-state index in [0.717, 1.165) is 4.88 Å². The fraction of sp³-hybridized carbons (Fsp3) is 0.412. The Hall–Kier alpha value is -1.27. The van der Waals surface area contributed by atoms with Crippen LogP contribution in [0.1, 0.15) is 23.4 Å². The number of nitrogens with zero attached hydrogens (tertiary/aromatic N) is 1. The standard InChI is InChI=1S/C17H22FNO2S/c1-13(16-7-3-4-8-17(16)18)19(2)10-14(20)11-21-12-15-6-5-9-22-15/h3-9,13-14,20H,10-12H2,1-2H3. The number of benzene rings is 1. The van der Waals surface area contributed by atoms with Gasteiger partial charge in [-0.1, -0.05) is 24.3 Å². The van der Waals surface area contributed by atoms with Crippen molar-refractivity contribution in [3.05, 3.63) is 58.0 Å². The summed E-state index contributed by atoms with van der Waals surface area (Å²) >= 11 is 1.63. The molecule has 1 aromatic heterocycles. The lowest BCUT2D eigenvalue weighted by molar-refractivity contribution is 0.00910. The maximum absolute atomic E-state index is 13.8. The number of ether oxygens (including phenoxy) is 1. The Labute approximate surface area is 135 Å². The molecule has 0 fully saturated rings. The minimum atomic E-state index is -0.598. The quantitative estimate of drug-likeness (QED) is 0.807. The molecule has 2 rings (SSSR count). The van der Waals surface area contributed by atoms with E-state index in [4.69, 9.17) is 4.74 Å². The fourth-order valence-corrected chi connectivity index (χ4v) is 2.93. The molecule has 0 bridgehead atoms. The van der Waals surface area contributed by atoms with Gasteiger partial charge < -0.3 is 9.84 Å². The normalized spacial score (nSPS) is 14.2. The van der Waals surface area contributed by atoms with Crippen LogP contribution < -0.4 is 0 Å². The third kappa shape index (κ3) is 4.88. The van der Waals surface area contributed by atoms with Crippen LogP contribution in [0.2, 0.25) is 0 Å². The summed E-state index contributed by atoms with van der Waals surface area (Å²) in [6.45, 7) is 3.14. The van der Waals surface area contributed by atoms with Crippen LogP contribution in [0.25, 0.3) is 0 Å². The van der Waals surface area contributed by atoms with Gasteiger partial charge in [0.05, 0.1) is 19.3 Å². The van der Waals surface area contributed by atoms with Crippen LogP contribution in [0.15, 0.2) is 41.8 Å². The Bertz CT molecular complexity index is 562. The predicted octanol–water partition coefficient (Wildman–Crippen LogP) is 3.46. The van der Waals surface area contributed by atoms with Crippen molar-refractivity contribution < 1.29 is 14.2 Å². The number of halogens is 1. The Balaban J connectivity index is 1.78. The molecule has 1 aromatic carbocycles. The van der Waals surface area contributed by atoms with Crippen LogP contribution in [0.5, 0.6) is 0 Å². The van der Waals surface area contributed by atoms with Crippen LogP contribution in [-0.4, -0.2) is 36.3 Å². The van der Waals surface area contributed by atoms with Crippen LogP contribution in [-0.2, 0) is 11.3 Å². The molecule has 0 aliphatic carbocycles. The summed E-state index contributed by atoms with van der Waals surface area (Å²) in [5.41, 5.74) is 0.636. The van der Waals surface area contributed by atoms with Gasteiger partial charge >= 0.3 is 0 Å². The summed E-state index contributed by atoms with van der Waals surface area (Å²) in [5, 5.41) is 12.1. The summed E-state index contributed by atoms with van der Waals surface area (Å²) in [6, 6.07) is 10.6. The molecule has 2 unspecified atom stereocenters. The van der Waals surface area contributed by atoms with Crippen molar-refractivity contribution in [1.29, 1.82) is 0 Å². The van der Waals surface area contributed by atoms with Gasteiger partial charge in [-0.25, -0.2) is 4.39 Å². The maximum Gasteiger partial charge on any atom is 0.127 e. The lowest BCUT2D eigenvalue weighted by atomic mass is 10.1. The highest BCUT2D eigenvalue weighted by atomic mass is 32.1. The van der Waals surface area contributed by atoms with Gasteiger partial charge in [0.15, 0.2) is 0 Å². The van der Waals surface area contributed by atoms with Gasteiger partial charge in [-0.15, -0.1) is 11.3 Å². The zero-order valence-electron chi connectivity index (χ0n) is 12.9. The maximum atomic E-state index is 13.8. The van der Waals surface area contributed by atoms with Gasteiger partial charge in [0.1, 0.15) is 5.82 Å². The van der Waals surface area contributed by atoms with Gasteiger partial charge in [0, 0.05) is 23.0 Å². The highest BCUT2D eigenvalue weighted by molar-refractivity contribution is 7.09. The molecule has 0 saturated heterocycles. The number of hydrogen-bond acceptors (Lipinski definition) is 4. The van der Waals surface area contributed by atoms with Crippen LogP contribution >= 0.6 is 11.3 Å². The number of aliphatic hydroxyl groups excluding tert-OH is 1. The lowest BCUT2D eigenvalue weighted by Gasteiger charge is -2.27. The van der Waals surface area contributed by atoms with Crippen molar-refractivity contribution in [2.75, 3.05) is 20.2 Å². The van der Waals surface area contributed by atoms with Crippen LogP contribution in [0.3, 0.4) is 0 Å². The fourth-order valence-electron chi connectivity index (χ4n) is 2.28. The van der Waals surface area contributed by atoms with Gasteiger partial charge in [-0.2, -0.15) is 0 Å². The molecule has 0 radical (unpaired) electrons. The van der Waals surface area contributed by atoms with Crippen molar-refractivity contribution in [3.8, 4) is 0 Å². The molecule has 2 aromatic rings. The molecular formula is C17H22FNO2S. The second kappa shape index (κ2) is 8.39. The number of aliphatic hydroxyl groups is 1. The highest BCUT2D eigenvalue weighted by Gasteiger charge is 2.18. The highest BCUT2D eigenvalue weighted by Crippen LogP contribution is 2.21.